The molecule has 0 atom stereocenters. The van der Waals surface area contributed by atoms with Crippen LogP contribution in [0.5, 0.6) is 0 Å². The van der Waals surface area contributed by atoms with Crippen LogP contribution in [-0.2, 0) is 0 Å². The van der Waals surface area contributed by atoms with Crippen molar-refractivity contribution in [2.75, 3.05) is 0 Å². The molecule has 0 amide bonds. The molecule has 19 heavy (non-hydrogen) atoms. The number of nitrogens with zero attached hydrogens (tertiary/aromatic N) is 2. The van der Waals surface area contributed by atoms with Crippen LogP contribution in [0.3, 0.4) is 0 Å². The Hall–Kier alpha value is -1.98. The molecule has 2 aromatic heterocycles. The van der Waals surface area contributed by atoms with E-state index in [0.717, 1.165) is 4.88 Å². The maximum Gasteiger partial charge on any atom is 0.336 e. The maximum absolute atomic E-state index is 11.3. The summed E-state index contributed by atoms with van der Waals surface area (Å²) < 4.78 is 0. The standard InChI is InChI=1S/C13H7ClN2O2S/c14-7-1-2-8-9(13(17)18)4-11(16-10(8)3-7)12-5-15-6-19-12/h1-6H,(H,17,18). The molecule has 0 saturated heterocycles. The van der Waals surface area contributed by atoms with Crippen LogP contribution in [0.2, 0.25) is 5.02 Å². The van der Waals surface area contributed by atoms with Crippen LogP contribution in [-0.4, -0.2) is 21.0 Å². The van der Waals surface area contributed by atoms with E-state index in [2.05, 4.69) is 9.97 Å². The van der Waals surface area contributed by atoms with Gasteiger partial charge in [-0.1, -0.05) is 17.7 Å². The Morgan fingerprint density at radius 2 is 2.16 bits per heavy atom. The quantitative estimate of drug-likeness (QED) is 0.781. The van der Waals surface area contributed by atoms with Crippen molar-refractivity contribution < 1.29 is 9.90 Å². The summed E-state index contributed by atoms with van der Waals surface area (Å²) in [5.74, 6) is -0.986. The lowest BCUT2D eigenvalue weighted by atomic mass is 10.1. The lowest BCUT2D eigenvalue weighted by molar-refractivity contribution is 0.0699. The zero-order valence-electron chi connectivity index (χ0n) is 9.50. The van der Waals surface area contributed by atoms with E-state index in [1.165, 1.54) is 11.3 Å². The van der Waals surface area contributed by atoms with E-state index in [0.29, 0.717) is 21.6 Å². The van der Waals surface area contributed by atoms with Crippen molar-refractivity contribution in [1.29, 1.82) is 0 Å². The smallest absolute Gasteiger partial charge is 0.336 e. The summed E-state index contributed by atoms with van der Waals surface area (Å²) in [5.41, 5.74) is 3.05. The van der Waals surface area contributed by atoms with Crippen molar-refractivity contribution in [2.45, 2.75) is 0 Å². The van der Waals surface area contributed by atoms with Gasteiger partial charge in [-0.3, -0.25) is 4.98 Å². The lowest BCUT2D eigenvalue weighted by Crippen LogP contribution is -1.99. The van der Waals surface area contributed by atoms with Crippen LogP contribution >= 0.6 is 22.9 Å². The monoisotopic (exact) mass is 290 g/mol. The molecule has 0 aliphatic heterocycles. The van der Waals surface area contributed by atoms with E-state index >= 15 is 0 Å². The van der Waals surface area contributed by atoms with Gasteiger partial charge >= 0.3 is 5.97 Å². The first-order valence-corrected chi connectivity index (χ1v) is 6.63. The van der Waals surface area contributed by atoms with Gasteiger partial charge in [0.2, 0.25) is 0 Å². The number of fused-ring (bicyclic) bond motifs is 1. The number of aromatic carboxylic acids is 1. The molecule has 0 saturated carbocycles. The summed E-state index contributed by atoms with van der Waals surface area (Å²) in [6.45, 7) is 0. The van der Waals surface area contributed by atoms with E-state index in [4.69, 9.17) is 11.6 Å². The molecule has 0 bridgehead atoms. The van der Waals surface area contributed by atoms with Gasteiger partial charge in [0.25, 0.3) is 0 Å². The van der Waals surface area contributed by atoms with Gasteiger partial charge in [-0.05, 0) is 18.2 Å². The number of pyridine rings is 1. The number of carboxylic acids is 1. The predicted octanol–water partition coefficient (Wildman–Crippen LogP) is 3.71. The summed E-state index contributed by atoms with van der Waals surface area (Å²) in [6.07, 6.45) is 1.66. The molecule has 3 rings (SSSR count). The van der Waals surface area contributed by atoms with Gasteiger partial charge in [-0.15, -0.1) is 11.3 Å². The third-order valence-electron chi connectivity index (χ3n) is 2.69. The second-order valence-corrected chi connectivity index (χ2v) is 5.21. The normalized spacial score (nSPS) is 10.8. The number of carboxylic acid groups (broad SMARTS) is 1. The Morgan fingerprint density at radius 1 is 1.32 bits per heavy atom. The van der Waals surface area contributed by atoms with E-state index in [-0.39, 0.29) is 5.56 Å². The molecule has 0 unspecified atom stereocenters. The highest BCUT2D eigenvalue weighted by molar-refractivity contribution is 7.13. The van der Waals surface area contributed by atoms with Gasteiger partial charge in [0.05, 0.1) is 27.2 Å². The zero-order valence-corrected chi connectivity index (χ0v) is 11.1. The van der Waals surface area contributed by atoms with Crippen molar-refractivity contribution >= 4 is 39.8 Å². The molecular weight excluding hydrogens is 284 g/mol. The minimum absolute atomic E-state index is 0.213. The Morgan fingerprint density at radius 3 is 2.84 bits per heavy atom. The summed E-state index contributed by atoms with van der Waals surface area (Å²) in [5, 5.41) is 10.4. The van der Waals surface area contributed by atoms with Crippen molar-refractivity contribution in [3.05, 3.63) is 46.6 Å². The molecule has 0 spiro atoms. The second kappa shape index (κ2) is 4.60. The number of hydrogen-bond donors (Lipinski definition) is 1. The number of hydrogen-bond acceptors (Lipinski definition) is 4. The van der Waals surface area contributed by atoms with Crippen LogP contribution in [0.1, 0.15) is 10.4 Å². The van der Waals surface area contributed by atoms with Crippen LogP contribution < -0.4 is 0 Å². The molecular formula is C13H7ClN2O2S. The highest BCUT2D eigenvalue weighted by Gasteiger charge is 2.13. The third-order valence-corrected chi connectivity index (χ3v) is 3.72. The first-order chi connectivity index (χ1) is 9.15. The summed E-state index contributed by atoms with van der Waals surface area (Å²) >= 11 is 7.34. The molecule has 4 nitrogen and oxygen atoms in total. The van der Waals surface area contributed by atoms with Crippen LogP contribution in [0, 0.1) is 0 Å². The Balaban J connectivity index is 2.34. The molecule has 0 radical (unpaired) electrons. The van der Waals surface area contributed by atoms with Crippen molar-refractivity contribution in [3.8, 4) is 10.6 Å². The van der Waals surface area contributed by atoms with Crippen molar-refractivity contribution in [1.82, 2.24) is 9.97 Å². The van der Waals surface area contributed by atoms with Gasteiger partial charge in [-0.2, -0.15) is 0 Å². The summed E-state index contributed by atoms with van der Waals surface area (Å²) in [7, 11) is 0. The van der Waals surface area contributed by atoms with Crippen molar-refractivity contribution in [2.24, 2.45) is 0 Å². The number of thiazole rings is 1. The third kappa shape index (κ3) is 2.18. The molecule has 1 N–H and O–H groups in total. The predicted molar refractivity (Wildman–Crippen MR) is 74.8 cm³/mol. The topological polar surface area (TPSA) is 63.1 Å². The average molecular weight is 291 g/mol. The SMILES string of the molecule is O=C(O)c1cc(-c2cncs2)nc2cc(Cl)ccc12. The average Bonchev–Trinajstić information content (AvgIpc) is 2.90. The van der Waals surface area contributed by atoms with E-state index in [1.54, 1.807) is 36.0 Å². The first kappa shape index (κ1) is 12.1. The van der Waals surface area contributed by atoms with Crippen LogP contribution in [0.25, 0.3) is 21.5 Å². The fraction of sp³-hybridized carbons (Fsp3) is 0. The van der Waals surface area contributed by atoms with Gasteiger partial charge in [0.1, 0.15) is 0 Å². The van der Waals surface area contributed by atoms with Gasteiger partial charge in [-0.25, -0.2) is 9.78 Å². The highest BCUT2D eigenvalue weighted by atomic mass is 35.5. The molecule has 1 aromatic carbocycles. The molecule has 0 fully saturated rings. The molecule has 2 heterocycles. The number of halogens is 1. The van der Waals surface area contributed by atoms with Crippen molar-refractivity contribution in [3.63, 3.8) is 0 Å². The van der Waals surface area contributed by atoms with Crippen LogP contribution in [0.4, 0.5) is 0 Å². The molecule has 94 valence electrons. The Labute approximate surface area is 117 Å². The minimum atomic E-state index is -0.986. The van der Waals surface area contributed by atoms with E-state index in [9.17, 15) is 9.90 Å². The maximum atomic E-state index is 11.3. The number of aromatic nitrogens is 2. The molecule has 0 aliphatic rings. The molecule has 0 aliphatic carbocycles. The fourth-order valence-electron chi connectivity index (χ4n) is 1.85. The Bertz CT molecular complexity index is 772. The highest BCUT2D eigenvalue weighted by Crippen LogP contribution is 2.28. The number of benzene rings is 1. The molecule has 6 heteroatoms. The van der Waals surface area contributed by atoms with Crippen LogP contribution in [0.15, 0.2) is 36.0 Å². The summed E-state index contributed by atoms with van der Waals surface area (Å²) in [4.78, 5) is 20.6. The fourth-order valence-corrected chi connectivity index (χ4v) is 2.60. The van der Waals surface area contributed by atoms with E-state index in [1.807, 2.05) is 0 Å². The molecule has 3 aromatic rings. The Kier molecular flexibility index (Phi) is 2.93. The van der Waals surface area contributed by atoms with Gasteiger partial charge in [0.15, 0.2) is 0 Å². The van der Waals surface area contributed by atoms with Gasteiger partial charge in [0, 0.05) is 16.6 Å². The largest absolute Gasteiger partial charge is 0.478 e. The first-order valence-electron chi connectivity index (χ1n) is 5.37. The minimum Gasteiger partial charge on any atom is -0.478 e. The second-order valence-electron chi connectivity index (χ2n) is 3.89. The van der Waals surface area contributed by atoms with Gasteiger partial charge < -0.3 is 5.11 Å². The lowest BCUT2D eigenvalue weighted by Gasteiger charge is -2.05. The van der Waals surface area contributed by atoms with E-state index < -0.39 is 5.97 Å². The summed E-state index contributed by atoms with van der Waals surface area (Å²) in [6, 6.07) is 6.55. The zero-order chi connectivity index (χ0) is 13.4. The number of rotatable bonds is 2. The number of carbonyl (C=O) groups is 1.